The van der Waals surface area contributed by atoms with Crippen LogP contribution in [0.15, 0.2) is 22.7 Å². The zero-order valence-corrected chi connectivity index (χ0v) is 11.9. The first-order valence-corrected chi connectivity index (χ1v) is 6.67. The first-order valence-electron chi connectivity index (χ1n) is 4.76. The van der Waals surface area contributed by atoms with E-state index in [1.165, 1.54) is 12.1 Å². The summed E-state index contributed by atoms with van der Waals surface area (Å²) in [6.45, 7) is 0. The lowest BCUT2D eigenvalue weighted by atomic mass is 10.0. The first kappa shape index (κ1) is 14.3. The molecular formula is C11H10Br2O4. The maximum absolute atomic E-state index is 11.7. The van der Waals surface area contributed by atoms with Gasteiger partial charge in [0.25, 0.3) is 0 Å². The number of carboxylic acid groups (broad SMARTS) is 1. The summed E-state index contributed by atoms with van der Waals surface area (Å²) < 4.78 is 0.563. The predicted molar refractivity (Wildman–Crippen MR) is 69.5 cm³/mol. The van der Waals surface area contributed by atoms with Crippen molar-refractivity contribution >= 4 is 43.6 Å². The van der Waals surface area contributed by atoms with Crippen molar-refractivity contribution < 1.29 is 19.8 Å². The summed E-state index contributed by atoms with van der Waals surface area (Å²) in [5.74, 6) is -1.45. The summed E-state index contributed by atoms with van der Waals surface area (Å²) >= 11 is 6.34. The van der Waals surface area contributed by atoms with Gasteiger partial charge in [-0.15, -0.1) is 0 Å². The number of halogens is 2. The van der Waals surface area contributed by atoms with Gasteiger partial charge < -0.3 is 10.2 Å². The van der Waals surface area contributed by atoms with Gasteiger partial charge in [-0.3, -0.25) is 4.79 Å². The monoisotopic (exact) mass is 364 g/mol. The zero-order valence-electron chi connectivity index (χ0n) is 8.69. The molecule has 0 saturated carbocycles. The van der Waals surface area contributed by atoms with Crippen LogP contribution >= 0.6 is 31.9 Å². The number of Topliss-reactive ketones (excluding diaryl/α,β-unsaturated/α-hetero) is 1. The number of alkyl halides is 1. The van der Waals surface area contributed by atoms with E-state index in [2.05, 4.69) is 31.9 Å². The highest BCUT2D eigenvalue weighted by Crippen LogP contribution is 2.22. The SMILES string of the molecule is O=C(CCBr)c1cc(Br)cc(C(O)C(=O)O)c1. The van der Waals surface area contributed by atoms with E-state index in [0.717, 1.165) is 0 Å². The van der Waals surface area contributed by atoms with Gasteiger partial charge in [-0.2, -0.15) is 0 Å². The third kappa shape index (κ3) is 3.90. The van der Waals surface area contributed by atoms with Crippen molar-refractivity contribution in [2.75, 3.05) is 5.33 Å². The molecule has 0 heterocycles. The molecule has 0 amide bonds. The van der Waals surface area contributed by atoms with Crippen LogP contribution in [0.1, 0.15) is 28.4 Å². The van der Waals surface area contributed by atoms with Gasteiger partial charge in [0.15, 0.2) is 11.9 Å². The highest BCUT2D eigenvalue weighted by molar-refractivity contribution is 9.10. The molecule has 0 bridgehead atoms. The number of aliphatic carboxylic acids is 1. The second-order valence-corrected chi connectivity index (χ2v) is 5.08. The lowest BCUT2D eigenvalue weighted by molar-refractivity contribution is -0.146. The van der Waals surface area contributed by atoms with E-state index in [1.807, 2.05) is 0 Å². The molecule has 1 unspecified atom stereocenters. The average Bonchev–Trinajstić information content (AvgIpc) is 2.27. The Morgan fingerprint density at radius 1 is 1.29 bits per heavy atom. The molecule has 0 spiro atoms. The Labute approximate surface area is 115 Å². The quantitative estimate of drug-likeness (QED) is 0.621. The van der Waals surface area contributed by atoms with E-state index in [-0.39, 0.29) is 11.3 Å². The van der Waals surface area contributed by atoms with Crippen molar-refractivity contribution in [2.45, 2.75) is 12.5 Å². The van der Waals surface area contributed by atoms with Crippen LogP contribution in [-0.2, 0) is 4.79 Å². The average molecular weight is 366 g/mol. The van der Waals surface area contributed by atoms with E-state index in [0.29, 0.717) is 21.8 Å². The highest BCUT2D eigenvalue weighted by atomic mass is 79.9. The van der Waals surface area contributed by atoms with Crippen molar-refractivity contribution in [3.63, 3.8) is 0 Å². The first-order chi connectivity index (χ1) is 7.95. The number of carbonyl (C=O) groups is 2. The number of aliphatic hydroxyl groups excluding tert-OH is 1. The molecule has 0 radical (unpaired) electrons. The van der Waals surface area contributed by atoms with Gasteiger partial charge in [-0.25, -0.2) is 4.79 Å². The second-order valence-electron chi connectivity index (χ2n) is 3.38. The van der Waals surface area contributed by atoms with Crippen LogP contribution in [0.5, 0.6) is 0 Å². The Kier molecular flexibility index (Phi) is 5.30. The van der Waals surface area contributed by atoms with Crippen LogP contribution in [-0.4, -0.2) is 27.3 Å². The maximum atomic E-state index is 11.7. The molecule has 0 saturated heterocycles. The van der Waals surface area contributed by atoms with Crippen molar-refractivity contribution in [3.8, 4) is 0 Å². The largest absolute Gasteiger partial charge is 0.479 e. The van der Waals surface area contributed by atoms with Gasteiger partial charge in [0.05, 0.1) is 0 Å². The fourth-order valence-electron chi connectivity index (χ4n) is 1.30. The summed E-state index contributed by atoms with van der Waals surface area (Å²) in [5.41, 5.74) is 0.568. The normalized spacial score (nSPS) is 12.2. The number of carbonyl (C=O) groups excluding carboxylic acids is 1. The molecule has 4 nitrogen and oxygen atoms in total. The molecule has 1 aromatic rings. The summed E-state index contributed by atoms with van der Waals surface area (Å²) in [6.07, 6.45) is -1.30. The van der Waals surface area contributed by atoms with E-state index in [4.69, 9.17) is 5.11 Å². The van der Waals surface area contributed by atoms with Crippen molar-refractivity contribution in [1.82, 2.24) is 0 Å². The van der Waals surface area contributed by atoms with Gasteiger partial charge in [-0.05, 0) is 23.8 Å². The topological polar surface area (TPSA) is 74.6 Å². The van der Waals surface area contributed by atoms with Gasteiger partial charge in [0.1, 0.15) is 0 Å². The van der Waals surface area contributed by atoms with Gasteiger partial charge >= 0.3 is 5.97 Å². The number of carboxylic acids is 1. The van der Waals surface area contributed by atoms with Crippen LogP contribution in [0, 0.1) is 0 Å². The van der Waals surface area contributed by atoms with Gasteiger partial charge in [0, 0.05) is 21.8 Å². The molecule has 6 heteroatoms. The van der Waals surface area contributed by atoms with Crippen LogP contribution < -0.4 is 0 Å². The summed E-state index contributed by atoms with van der Waals surface area (Å²) in [5, 5.41) is 18.7. The Hall–Kier alpha value is -0.720. The van der Waals surface area contributed by atoms with Gasteiger partial charge in [-0.1, -0.05) is 31.9 Å². The minimum Gasteiger partial charge on any atom is -0.479 e. The number of rotatable bonds is 5. The highest BCUT2D eigenvalue weighted by Gasteiger charge is 2.18. The minimum atomic E-state index is -1.62. The summed E-state index contributed by atoms with van der Waals surface area (Å²) in [7, 11) is 0. The van der Waals surface area contributed by atoms with Crippen molar-refractivity contribution in [1.29, 1.82) is 0 Å². The Bertz CT molecular complexity index is 445. The lowest BCUT2D eigenvalue weighted by Crippen LogP contribution is -2.11. The number of hydrogen-bond acceptors (Lipinski definition) is 3. The smallest absolute Gasteiger partial charge is 0.337 e. The molecule has 0 aromatic heterocycles. The molecule has 2 N–H and O–H groups in total. The number of aliphatic hydroxyl groups is 1. The third-order valence-corrected chi connectivity index (χ3v) is 2.97. The number of ketones is 1. The number of hydrogen-bond donors (Lipinski definition) is 2. The van der Waals surface area contributed by atoms with Crippen LogP contribution in [0.25, 0.3) is 0 Å². The summed E-state index contributed by atoms with van der Waals surface area (Å²) in [4.78, 5) is 22.3. The van der Waals surface area contributed by atoms with Gasteiger partial charge in [0.2, 0.25) is 0 Å². The summed E-state index contributed by atoms with van der Waals surface area (Å²) in [6, 6.07) is 4.47. The molecule has 1 atom stereocenters. The van der Waals surface area contributed by atoms with E-state index in [9.17, 15) is 14.7 Å². The van der Waals surface area contributed by atoms with E-state index < -0.39 is 12.1 Å². The minimum absolute atomic E-state index is 0.109. The fraction of sp³-hybridized carbons (Fsp3) is 0.273. The zero-order chi connectivity index (χ0) is 13.0. The second kappa shape index (κ2) is 6.28. The Balaban J connectivity index is 3.10. The molecular weight excluding hydrogens is 356 g/mol. The van der Waals surface area contributed by atoms with E-state index >= 15 is 0 Å². The fourth-order valence-corrected chi connectivity index (χ4v) is 2.18. The van der Waals surface area contributed by atoms with Crippen molar-refractivity contribution in [2.24, 2.45) is 0 Å². The standard InChI is InChI=1S/C11H10Br2O4/c12-2-1-9(14)6-3-7(5-8(13)4-6)10(15)11(16)17/h3-5,10,15H,1-2H2,(H,16,17). The molecule has 0 fully saturated rings. The van der Waals surface area contributed by atoms with Crippen LogP contribution in [0.4, 0.5) is 0 Å². The molecule has 92 valence electrons. The predicted octanol–water partition coefficient (Wildman–Crippen LogP) is 2.53. The maximum Gasteiger partial charge on any atom is 0.337 e. The third-order valence-electron chi connectivity index (χ3n) is 2.11. The lowest BCUT2D eigenvalue weighted by Gasteiger charge is -2.08. The molecule has 0 aliphatic rings. The van der Waals surface area contributed by atoms with Crippen LogP contribution in [0.2, 0.25) is 0 Å². The van der Waals surface area contributed by atoms with E-state index in [1.54, 1.807) is 6.07 Å². The molecule has 17 heavy (non-hydrogen) atoms. The number of benzene rings is 1. The molecule has 1 aromatic carbocycles. The molecule has 0 aliphatic heterocycles. The Morgan fingerprint density at radius 3 is 2.47 bits per heavy atom. The Morgan fingerprint density at radius 2 is 1.94 bits per heavy atom. The van der Waals surface area contributed by atoms with Crippen LogP contribution in [0.3, 0.4) is 0 Å². The van der Waals surface area contributed by atoms with Crippen molar-refractivity contribution in [3.05, 3.63) is 33.8 Å². The molecule has 0 aliphatic carbocycles. The molecule has 1 rings (SSSR count).